The van der Waals surface area contributed by atoms with Gasteiger partial charge >= 0.3 is 0 Å². The SMILES string of the molecule is CCc1c(-c2ccccc2)ccc2c1c1ccccc1n2-c1ccccc1. The molecule has 5 rings (SSSR count). The molecule has 1 heterocycles. The highest BCUT2D eigenvalue weighted by atomic mass is 15.0. The summed E-state index contributed by atoms with van der Waals surface area (Å²) in [5.74, 6) is 0. The van der Waals surface area contributed by atoms with Crippen LogP contribution in [0.25, 0.3) is 38.6 Å². The molecule has 1 aromatic heterocycles. The normalized spacial score (nSPS) is 11.3. The fourth-order valence-electron chi connectivity index (χ4n) is 4.24. The zero-order chi connectivity index (χ0) is 18.2. The van der Waals surface area contributed by atoms with Gasteiger partial charge in [0.2, 0.25) is 0 Å². The Kier molecular flexibility index (Phi) is 3.79. The van der Waals surface area contributed by atoms with Gasteiger partial charge in [-0.1, -0.05) is 79.7 Å². The Bertz CT molecular complexity index is 1230. The number of benzene rings is 4. The summed E-state index contributed by atoms with van der Waals surface area (Å²) >= 11 is 0. The van der Waals surface area contributed by atoms with Gasteiger partial charge in [0, 0.05) is 16.5 Å². The molecule has 0 fully saturated rings. The van der Waals surface area contributed by atoms with Crippen LogP contribution in [0.1, 0.15) is 12.5 Å². The van der Waals surface area contributed by atoms with Gasteiger partial charge in [-0.25, -0.2) is 0 Å². The summed E-state index contributed by atoms with van der Waals surface area (Å²) in [6.45, 7) is 2.26. The lowest BCUT2D eigenvalue weighted by molar-refractivity contribution is 1.15. The van der Waals surface area contributed by atoms with Crippen LogP contribution in [0.3, 0.4) is 0 Å². The van der Waals surface area contributed by atoms with Crippen LogP contribution in [0.15, 0.2) is 97.1 Å². The summed E-state index contributed by atoms with van der Waals surface area (Å²) in [5.41, 5.74) is 7.79. The molecule has 0 radical (unpaired) electrons. The Balaban J connectivity index is 1.93. The monoisotopic (exact) mass is 347 g/mol. The highest BCUT2D eigenvalue weighted by molar-refractivity contribution is 6.12. The van der Waals surface area contributed by atoms with Gasteiger partial charge in [-0.2, -0.15) is 0 Å². The van der Waals surface area contributed by atoms with Crippen LogP contribution in [-0.4, -0.2) is 4.57 Å². The number of aromatic nitrogens is 1. The van der Waals surface area contributed by atoms with E-state index in [2.05, 4.69) is 109 Å². The van der Waals surface area contributed by atoms with Crippen LogP contribution in [0.4, 0.5) is 0 Å². The van der Waals surface area contributed by atoms with Crippen molar-refractivity contribution in [3.05, 3.63) is 103 Å². The van der Waals surface area contributed by atoms with Crippen LogP contribution in [0, 0.1) is 0 Å². The van der Waals surface area contributed by atoms with E-state index in [1.165, 1.54) is 44.2 Å². The van der Waals surface area contributed by atoms with Crippen molar-refractivity contribution in [2.24, 2.45) is 0 Å². The van der Waals surface area contributed by atoms with E-state index in [1.807, 2.05) is 0 Å². The Hall–Kier alpha value is -3.32. The molecule has 1 nitrogen and oxygen atoms in total. The summed E-state index contributed by atoms with van der Waals surface area (Å²) in [7, 11) is 0. The summed E-state index contributed by atoms with van der Waals surface area (Å²) in [5, 5.41) is 2.70. The molecule has 130 valence electrons. The van der Waals surface area contributed by atoms with E-state index in [4.69, 9.17) is 0 Å². The maximum absolute atomic E-state index is 2.39. The van der Waals surface area contributed by atoms with Gasteiger partial charge in [-0.3, -0.25) is 0 Å². The lowest BCUT2D eigenvalue weighted by Gasteiger charge is -2.12. The minimum Gasteiger partial charge on any atom is -0.309 e. The predicted octanol–water partition coefficient (Wildman–Crippen LogP) is 7.01. The molecule has 5 aromatic rings. The van der Waals surface area contributed by atoms with Crippen LogP contribution in [-0.2, 0) is 6.42 Å². The molecular weight excluding hydrogens is 326 g/mol. The lowest BCUT2D eigenvalue weighted by Crippen LogP contribution is -1.94. The third kappa shape index (κ3) is 2.47. The first-order valence-corrected chi connectivity index (χ1v) is 9.54. The zero-order valence-electron chi connectivity index (χ0n) is 15.4. The van der Waals surface area contributed by atoms with E-state index in [-0.39, 0.29) is 0 Å². The van der Waals surface area contributed by atoms with Crippen molar-refractivity contribution in [1.82, 2.24) is 4.57 Å². The number of para-hydroxylation sites is 2. The summed E-state index contributed by atoms with van der Waals surface area (Å²) in [6.07, 6.45) is 1.00. The van der Waals surface area contributed by atoms with Crippen molar-refractivity contribution >= 4 is 21.8 Å². The standard InChI is InChI=1S/C26H21N/c1-2-21-22(19-11-5-3-6-12-19)17-18-25-26(21)23-15-9-10-16-24(23)27(25)20-13-7-4-8-14-20/h3-18H,2H2,1H3. The van der Waals surface area contributed by atoms with Crippen LogP contribution >= 0.6 is 0 Å². The molecule has 0 aliphatic heterocycles. The van der Waals surface area contributed by atoms with E-state index >= 15 is 0 Å². The van der Waals surface area contributed by atoms with Crippen LogP contribution < -0.4 is 0 Å². The second-order valence-electron chi connectivity index (χ2n) is 6.89. The highest BCUT2D eigenvalue weighted by Gasteiger charge is 2.17. The Morgan fingerprint density at radius 3 is 2.04 bits per heavy atom. The molecule has 0 unspecified atom stereocenters. The lowest BCUT2D eigenvalue weighted by atomic mass is 9.94. The van der Waals surface area contributed by atoms with Crippen molar-refractivity contribution in [2.75, 3.05) is 0 Å². The molecule has 0 atom stereocenters. The average Bonchev–Trinajstić information content (AvgIpc) is 3.09. The molecule has 0 aliphatic rings. The molecular formula is C26H21N. The van der Waals surface area contributed by atoms with Gasteiger partial charge < -0.3 is 4.57 Å². The molecule has 0 amide bonds. The van der Waals surface area contributed by atoms with Crippen LogP contribution in [0.5, 0.6) is 0 Å². The molecule has 0 bridgehead atoms. The van der Waals surface area contributed by atoms with Gasteiger partial charge in [-0.15, -0.1) is 0 Å². The first-order valence-electron chi connectivity index (χ1n) is 9.54. The molecule has 27 heavy (non-hydrogen) atoms. The topological polar surface area (TPSA) is 4.93 Å². The molecule has 0 spiro atoms. The van der Waals surface area contributed by atoms with Crippen molar-refractivity contribution in [2.45, 2.75) is 13.3 Å². The van der Waals surface area contributed by atoms with Gasteiger partial charge in [-0.05, 0) is 47.4 Å². The average molecular weight is 347 g/mol. The van der Waals surface area contributed by atoms with E-state index < -0.39 is 0 Å². The fourth-order valence-corrected chi connectivity index (χ4v) is 4.24. The number of rotatable bonds is 3. The predicted molar refractivity (Wildman–Crippen MR) is 116 cm³/mol. The van der Waals surface area contributed by atoms with Crippen LogP contribution in [0.2, 0.25) is 0 Å². The maximum Gasteiger partial charge on any atom is 0.0544 e. The van der Waals surface area contributed by atoms with Crippen molar-refractivity contribution in [3.63, 3.8) is 0 Å². The number of fused-ring (bicyclic) bond motifs is 3. The van der Waals surface area contributed by atoms with E-state index in [0.717, 1.165) is 6.42 Å². The third-order valence-corrected chi connectivity index (χ3v) is 5.40. The number of hydrogen-bond acceptors (Lipinski definition) is 0. The molecule has 0 N–H and O–H groups in total. The van der Waals surface area contributed by atoms with Crippen molar-refractivity contribution in [3.8, 4) is 16.8 Å². The Morgan fingerprint density at radius 1 is 0.630 bits per heavy atom. The summed E-state index contributed by atoms with van der Waals surface area (Å²) < 4.78 is 2.39. The number of aryl methyl sites for hydroxylation is 1. The summed E-state index contributed by atoms with van der Waals surface area (Å²) in [4.78, 5) is 0. The van der Waals surface area contributed by atoms with Gasteiger partial charge in [0.05, 0.1) is 11.0 Å². The van der Waals surface area contributed by atoms with Crippen molar-refractivity contribution in [1.29, 1.82) is 0 Å². The van der Waals surface area contributed by atoms with Crippen molar-refractivity contribution < 1.29 is 0 Å². The first-order chi connectivity index (χ1) is 13.4. The number of nitrogens with zero attached hydrogens (tertiary/aromatic N) is 1. The van der Waals surface area contributed by atoms with E-state index in [0.29, 0.717) is 0 Å². The molecule has 1 heteroatoms. The summed E-state index contributed by atoms with van der Waals surface area (Å²) in [6, 6.07) is 34.7. The Labute approximate surface area is 159 Å². The first kappa shape index (κ1) is 15.9. The van der Waals surface area contributed by atoms with Gasteiger partial charge in [0.15, 0.2) is 0 Å². The fraction of sp³-hybridized carbons (Fsp3) is 0.0769. The molecule has 0 saturated carbocycles. The molecule has 0 saturated heterocycles. The number of hydrogen-bond donors (Lipinski definition) is 0. The largest absolute Gasteiger partial charge is 0.309 e. The van der Waals surface area contributed by atoms with Gasteiger partial charge in [0.25, 0.3) is 0 Å². The molecule has 0 aliphatic carbocycles. The second-order valence-corrected chi connectivity index (χ2v) is 6.89. The second kappa shape index (κ2) is 6.44. The smallest absolute Gasteiger partial charge is 0.0544 e. The van der Waals surface area contributed by atoms with E-state index in [9.17, 15) is 0 Å². The minimum atomic E-state index is 1.00. The van der Waals surface area contributed by atoms with E-state index in [1.54, 1.807) is 0 Å². The Morgan fingerprint density at radius 2 is 1.30 bits per heavy atom. The maximum atomic E-state index is 2.39. The highest BCUT2D eigenvalue weighted by Crippen LogP contribution is 2.38. The van der Waals surface area contributed by atoms with Gasteiger partial charge in [0.1, 0.15) is 0 Å². The molecule has 4 aromatic carbocycles. The third-order valence-electron chi connectivity index (χ3n) is 5.40. The zero-order valence-corrected chi connectivity index (χ0v) is 15.4. The minimum absolute atomic E-state index is 1.00. The quantitative estimate of drug-likeness (QED) is 0.331.